The summed E-state index contributed by atoms with van der Waals surface area (Å²) in [4.78, 5) is 25.5. The number of benzene rings is 1. The van der Waals surface area contributed by atoms with Crippen LogP contribution in [0.3, 0.4) is 0 Å². The van der Waals surface area contributed by atoms with Crippen LogP contribution in [0.1, 0.15) is 12.8 Å². The minimum atomic E-state index is -1.44. The van der Waals surface area contributed by atoms with E-state index in [1.165, 1.54) is 0 Å². The Morgan fingerprint density at radius 3 is 2.86 bits per heavy atom. The number of amides is 2. The fourth-order valence-electron chi connectivity index (χ4n) is 2.33. The summed E-state index contributed by atoms with van der Waals surface area (Å²) in [5, 5.41) is 0.486. The second-order valence-electron chi connectivity index (χ2n) is 5.03. The number of likely N-dealkylation sites (tertiary alicyclic amines) is 1. The molecule has 114 valence electrons. The summed E-state index contributed by atoms with van der Waals surface area (Å²) in [6.07, 6.45) is 1.44. The normalized spacial score (nSPS) is 20.0. The number of piperidine rings is 1. The van der Waals surface area contributed by atoms with E-state index in [0.717, 1.165) is 6.42 Å². The van der Waals surface area contributed by atoms with Crippen molar-refractivity contribution >= 4 is 34.2 Å². The molecule has 0 spiro atoms. The minimum Gasteiger partial charge on any atom is -0.369 e. The van der Waals surface area contributed by atoms with Crippen molar-refractivity contribution in [3.8, 4) is 0 Å². The van der Waals surface area contributed by atoms with Crippen LogP contribution in [0.15, 0.2) is 29.2 Å². The second kappa shape index (κ2) is 7.04. The summed E-state index contributed by atoms with van der Waals surface area (Å²) in [7, 11) is -1.44. The molecule has 1 fully saturated rings. The highest BCUT2D eigenvalue weighted by Gasteiger charge is 2.27. The van der Waals surface area contributed by atoms with Gasteiger partial charge in [0.15, 0.2) is 0 Å². The van der Waals surface area contributed by atoms with Gasteiger partial charge >= 0.3 is 0 Å². The maximum atomic E-state index is 12.2. The number of carbonyl (C=O) groups excluding carboxylic acids is 2. The molecule has 2 unspecified atom stereocenters. The molecule has 2 atom stereocenters. The molecule has 0 radical (unpaired) electrons. The molecule has 2 rings (SSSR count). The first-order valence-electron chi connectivity index (χ1n) is 6.68. The number of nitrogens with zero attached hydrogens (tertiary/aromatic N) is 1. The highest BCUT2D eigenvalue weighted by molar-refractivity contribution is 7.85. The Labute approximate surface area is 130 Å². The van der Waals surface area contributed by atoms with Gasteiger partial charge in [-0.2, -0.15) is 0 Å². The zero-order valence-corrected chi connectivity index (χ0v) is 13.0. The summed E-state index contributed by atoms with van der Waals surface area (Å²) in [5.74, 6) is -1.02. The Bertz CT molecular complexity index is 579. The Morgan fingerprint density at radius 1 is 1.43 bits per heavy atom. The minimum absolute atomic E-state index is 0.105. The van der Waals surface area contributed by atoms with Gasteiger partial charge in [-0.15, -0.1) is 0 Å². The molecule has 1 aromatic rings. The molecule has 1 aliphatic heterocycles. The first kappa shape index (κ1) is 16.0. The zero-order valence-electron chi connectivity index (χ0n) is 11.5. The Morgan fingerprint density at radius 2 is 2.19 bits per heavy atom. The van der Waals surface area contributed by atoms with E-state index < -0.39 is 10.8 Å². The van der Waals surface area contributed by atoms with Crippen molar-refractivity contribution in [1.82, 2.24) is 4.90 Å². The second-order valence-corrected chi connectivity index (χ2v) is 6.92. The molecule has 0 aliphatic carbocycles. The van der Waals surface area contributed by atoms with Crippen LogP contribution in [0.2, 0.25) is 5.02 Å². The molecule has 1 heterocycles. The highest BCUT2D eigenvalue weighted by atomic mass is 35.5. The third kappa shape index (κ3) is 4.28. The van der Waals surface area contributed by atoms with Crippen LogP contribution in [-0.2, 0) is 20.4 Å². The van der Waals surface area contributed by atoms with Crippen LogP contribution >= 0.6 is 11.6 Å². The van der Waals surface area contributed by atoms with Gasteiger partial charge in [0.25, 0.3) is 0 Å². The van der Waals surface area contributed by atoms with Crippen molar-refractivity contribution in [3.63, 3.8) is 0 Å². The van der Waals surface area contributed by atoms with Crippen LogP contribution in [0.5, 0.6) is 0 Å². The molecule has 1 aliphatic rings. The average molecular weight is 329 g/mol. The maximum Gasteiger partial charge on any atom is 0.235 e. The van der Waals surface area contributed by atoms with E-state index in [1.807, 2.05) is 0 Å². The lowest BCUT2D eigenvalue weighted by molar-refractivity contribution is -0.132. The van der Waals surface area contributed by atoms with Gasteiger partial charge in [0.1, 0.15) is 5.75 Å². The monoisotopic (exact) mass is 328 g/mol. The predicted octanol–water partition coefficient (Wildman–Crippen LogP) is 1.17. The largest absolute Gasteiger partial charge is 0.369 e. The van der Waals surface area contributed by atoms with Crippen LogP contribution < -0.4 is 5.73 Å². The van der Waals surface area contributed by atoms with E-state index in [2.05, 4.69) is 0 Å². The number of halogens is 1. The van der Waals surface area contributed by atoms with Crippen LogP contribution in [0.4, 0.5) is 0 Å². The molecule has 2 amide bonds. The summed E-state index contributed by atoms with van der Waals surface area (Å²) < 4.78 is 12.2. The smallest absolute Gasteiger partial charge is 0.235 e. The Kier molecular flexibility index (Phi) is 5.36. The lowest BCUT2D eigenvalue weighted by Crippen LogP contribution is -2.45. The number of hydrogen-bond acceptors (Lipinski definition) is 3. The van der Waals surface area contributed by atoms with Crippen molar-refractivity contribution < 1.29 is 13.8 Å². The van der Waals surface area contributed by atoms with Crippen molar-refractivity contribution in [2.45, 2.75) is 17.7 Å². The zero-order chi connectivity index (χ0) is 15.4. The number of primary amides is 1. The van der Waals surface area contributed by atoms with Crippen molar-refractivity contribution in [2.24, 2.45) is 11.7 Å². The van der Waals surface area contributed by atoms with Gasteiger partial charge in [-0.3, -0.25) is 13.8 Å². The van der Waals surface area contributed by atoms with Crippen LogP contribution in [0.25, 0.3) is 0 Å². The first-order chi connectivity index (χ1) is 9.97. The molecule has 5 nitrogen and oxygen atoms in total. The van der Waals surface area contributed by atoms with Crippen molar-refractivity contribution in [1.29, 1.82) is 0 Å². The summed E-state index contributed by atoms with van der Waals surface area (Å²) in [6, 6.07) is 6.65. The molecule has 2 N–H and O–H groups in total. The van der Waals surface area contributed by atoms with Gasteiger partial charge in [-0.05, 0) is 31.0 Å². The number of hydrogen-bond donors (Lipinski definition) is 1. The summed E-state index contributed by atoms with van der Waals surface area (Å²) in [6.45, 7) is 0.899. The average Bonchev–Trinajstić information content (AvgIpc) is 2.47. The molecule has 0 bridgehead atoms. The molecular formula is C14H17ClN2O3S. The van der Waals surface area contributed by atoms with E-state index in [4.69, 9.17) is 17.3 Å². The van der Waals surface area contributed by atoms with E-state index in [1.54, 1.807) is 29.2 Å². The quantitative estimate of drug-likeness (QED) is 0.901. The van der Waals surface area contributed by atoms with Gasteiger partial charge in [-0.1, -0.05) is 17.7 Å². The van der Waals surface area contributed by atoms with Gasteiger partial charge < -0.3 is 10.6 Å². The standard InChI is InChI=1S/C14H17ClN2O3S/c15-11-4-1-5-12(7-11)21(20)9-13(18)17-6-2-3-10(8-17)14(16)19/h1,4-5,7,10H,2-3,6,8-9H2,(H2,16,19). The van der Waals surface area contributed by atoms with Crippen molar-refractivity contribution in [3.05, 3.63) is 29.3 Å². The van der Waals surface area contributed by atoms with E-state index >= 15 is 0 Å². The summed E-state index contributed by atoms with van der Waals surface area (Å²) in [5.41, 5.74) is 5.29. The predicted molar refractivity (Wildman–Crippen MR) is 81.2 cm³/mol. The molecule has 1 saturated heterocycles. The fourth-order valence-corrected chi connectivity index (χ4v) is 3.65. The highest BCUT2D eigenvalue weighted by Crippen LogP contribution is 2.18. The van der Waals surface area contributed by atoms with E-state index in [9.17, 15) is 13.8 Å². The maximum absolute atomic E-state index is 12.2. The lowest BCUT2D eigenvalue weighted by Gasteiger charge is -2.31. The number of carbonyl (C=O) groups is 2. The van der Waals surface area contributed by atoms with Crippen LogP contribution in [-0.4, -0.2) is 39.8 Å². The third-order valence-corrected chi connectivity index (χ3v) is 5.01. The molecular weight excluding hydrogens is 312 g/mol. The Balaban J connectivity index is 1.97. The number of rotatable bonds is 4. The van der Waals surface area contributed by atoms with E-state index in [-0.39, 0.29) is 23.5 Å². The Hall–Kier alpha value is -1.40. The SMILES string of the molecule is NC(=O)C1CCCN(C(=O)CS(=O)c2cccc(Cl)c2)C1. The van der Waals surface area contributed by atoms with E-state index in [0.29, 0.717) is 29.4 Å². The molecule has 21 heavy (non-hydrogen) atoms. The van der Waals surface area contributed by atoms with Gasteiger partial charge in [0.05, 0.1) is 16.7 Å². The number of nitrogens with two attached hydrogens (primary N) is 1. The lowest BCUT2D eigenvalue weighted by atomic mass is 9.97. The molecule has 0 saturated carbocycles. The van der Waals surface area contributed by atoms with Gasteiger partial charge in [0.2, 0.25) is 11.8 Å². The molecule has 0 aromatic heterocycles. The van der Waals surface area contributed by atoms with Gasteiger partial charge in [0, 0.05) is 23.0 Å². The third-order valence-electron chi connectivity index (χ3n) is 3.49. The first-order valence-corrected chi connectivity index (χ1v) is 8.38. The van der Waals surface area contributed by atoms with Crippen LogP contribution in [0, 0.1) is 5.92 Å². The van der Waals surface area contributed by atoms with Crippen molar-refractivity contribution in [2.75, 3.05) is 18.8 Å². The topological polar surface area (TPSA) is 80.5 Å². The molecule has 7 heteroatoms. The summed E-state index contributed by atoms with van der Waals surface area (Å²) >= 11 is 5.85. The fraction of sp³-hybridized carbons (Fsp3) is 0.429. The van der Waals surface area contributed by atoms with Gasteiger partial charge in [-0.25, -0.2) is 0 Å². The molecule has 1 aromatic carbocycles.